The van der Waals surface area contributed by atoms with E-state index in [-0.39, 0.29) is 13.0 Å². The van der Waals surface area contributed by atoms with Crippen LogP contribution in [0.3, 0.4) is 0 Å². The van der Waals surface area contributed by atoms with Gasteiger partial charge in [0, 0.05) is 6.42 Å². The highest BCUT2D eigenvalue weighted by molar-refractivity contribution is 5.68. The second kappa shape index (κ2) is 14.8. The molecule has 0 radical (unpaired) electrons. The third kappa shape index (κ3) is 9.06. The van der Waals surface area contributed by atoms with Crippen LogP contribution in [0.2, 0.25) is 0 Å². The molecule has 0 amide bonds. The van der Waals surface area contributed by atoms with Gasteiger partial charge in [0.1, 0.15) is 12.4 Å². The minimum Gasteiger partial charge on any atom is -0.489 e. The highest BCUT2D eigenvalue weighted by Gasteiger charge is 2.04. The molecule has 0 bridgehead atoms. The van der Waals surface area contributed by atoms with Crippen LogP contribution in [0.5, 0.6) is 5.75 Å². The first-order valence-corrected chi connectivity index (χ1v) is 10.9. The van der Waals surface area contributed by atoms with Gasteiger partial charge in [-0.25, -0.2) is 0 Å². The lowest BCUT2D eigenvalue weighted by atomic mass is 10.0. The van der Waals surface area contributed by atoms with E-state index in [0.717, 1.165) is 33.6 Å². The van der Waals surface area contributed by atoms with E-state index in [2.05, 4.69) is 0 Å². The molecule has 0 spiro atoms. The quantitative estimate of drug-likeness (QED) is 0.435. The van der Waals surface area contributed by atoms with E-state index in [1.165, 1.54) is 0 Å². The number of carbonyl (C=O) groups is 1. The number of aliphatic carboxylic acids is 1. The summed E-state index contributed by atoms with van der Waals surface area (Å²) in [4.78, 5) is 10.8. The molecular weight excluding hydrogens is 388 g/mol. The molecule has 166 valence electrons. The second-order valence-electron chi connectivity index (χ2n) is 6.39. The maximum absolute atomic E-state index is 10.8. The molecule has 0 heterocycles. The van der Waals surface area contributed by atoms with Crippen LogP contribution in [0, 0.1) is 0 Å². The first kappa shape index (κ1) is 25.9. The van der Waals surface area contributed by atoms with Gasteiger partial charge in [0.15, 0.2) is 0 Å². The van der Waals surface area contributed by atoms with Gasteiger partial charge in [0.05, 0.1) is 6.61 Å². The van der Waals surface area contributed by atoms with E-state index >= 15 is 0 Å². The Bertz CT molecular complexity index is 918. The highest BCUT2D eigenvalue weighted by atomic mass is 16.5. The van der Waals surface area contributed by atoms with E-state index in [0.29, 0.717) is 13.0 Å². The zero-order chi connectivity index (χ0) is 23.1. The fourth-order valence-corrected chi connectivity index (χ4v) is 2.91. The largest absolute Gasteiger partial charge is 0.489 e. The number of rotatable bonds is 8. The van der Waals surface area contributed by atoms with Crippen molar-refractivity contribution in [1.82, 2.24) is 0 Å². The van der Waals surface area contributed by atoms with Crippen molar-refractivity contribution in [2.24, 2.45) is 0 Å². The Morgan fingerprint density at radius 2 is 1.35 bits per heavy atom. The van der Waals surface area contributed by atoms with E-state index in [1.807, 2.05) is 100 Å². The number of hydrogen-bond donors (Lipinski definition) is 2. The number of ether oxygens (including phenoxy) is 1. The summed E-state index contributed by atoms with van der Waals surface area (Å²) < 4.78 is 5.90. The molecule has 3 rings (SSSR count). The van der Waals surface area contributed by atoms with Crippen molar-refractivity contribution >= 4 is 5.97 Å². The lowest BCUT2D eigenvalue weighted by Gasteiger charge is -2.10. The van der Waals surface area contributed by atoms with Gasteiger partial charge in [-0.05, 0) is 46.4 Å². The molecule has 0 aliphatic rings. The Kier molecular flexibility index (Phi) is 12.4. The predicted molar refractivity (Wildman–Crippen MR) is 127 cm³/mol. The normalized spacial score (nSPS) is 9.58. The van der Waals surface area contributed by atoms with Crippen LogP contribution >= 0.6 is 0 Å². The molecule has 0 aromatic heterocycles. The van der Waals surface area contributed by atoms with Crippen molar-refractivity contribution in [2.45, 2.75) is 53.8 Å². The molecule has 0 unspecified atom stereocenters. The Hall–Kier alpha value is -3.11. The van der Waals surface area contributed by atoms with Crippen molar-refractivity contribution in [2.75, 3.05) is 0 Å². The summed E-state index contributed by atoms with van der Waals surface area (Å²) >= 11 is 0. The Morgan fingerprint density at radius 1 is 0.774 bits per heavy atom. The molecule has 4 nitrogen and oxygen atoms in total. The van der Waals surface area contributed by atoms with E-state index in [9.17, 15) is 9.90 Å². The predicted octanol–water partition coefficient (Wildman–Crippen LogP) is 6.49. The van der Waals surface area contributed by atoms with Crippen LogP contribution in [-0.4, -0.2) is 16.2 Å². The average molecular weight is 423 g/mol. The fraction of sp³-hybridized carbons (Fsp3) is 0.296. The van der Waals surface area contributed by atoms with E-state index in [4.69, 9.17) is 9.84 Å². The number of aryl methyl sites for hydroxylation is 1. The smallest absolute Gasteiger partial charge is 0.303 e. The van der Waals surface area contributed by atoms with Crippen LogP contribution in [0.4, 0.5) is 0 Å². The lowest BCUT2D eigenvalue weighted by molar-refractivity contribution is -0.136. The van der Waals surface area contributed by atoms with Crippen LogP contribution < -0.4 is 4.74 Å². The fourth-order valence-electron chi connectivity index (χ4n) is 2.91. The van der Waals surface area contributed by atoms with Crippen molar-refractivity contribution in [3.05, 3.63) is 89.5 Å². The summed E-state index contributed by atoms with van der Waals surface area (Å²) in [7, 11) is 0. The summed E-state index contributed by atoms with van der Waals surface area (Å²) in [6, 6.07) is 23.4. The van der Waals surface area contributed by atoms with Crippen LogP contribution in [0.1, 0.15) is 50.8 Å². The maximum atomic E-state index is 10.8. The molecule has 0 aliphatic carbocycles. The number of aliphatic hydroxyl groups is 1. The SMILES string of the molecule is CC.CC.O=C(O)CCc1cccc(-c2cccc(OCc3cccc(CO)c3)c2)c1. The molecule has 0 fully saturated rings. The molecule has 0 aliphatic heterocycles. The van der Waals surface area contributed by atoms with Gasteiger partial charge in [-0.15, -0.1) is 0 Å². The molecule has 2 N–H and O–H groups in total. The van der Waals surface area contributed by atoms with Crippen molar-refractivity contribution < 1.29 is 19.7 Å². The van der Waals surface area contributed by atoms with Gasteiger partial charge >= 0.3 is 5.97 Å². The zero-order valence-corrected chi connectivity index (χ0v) is 19.0. The lowest BCUT2D eigenvalue weighted by Crippen LogP contribution is -1.98. The topological polar surface area (TPSA) is 66.8 Å². The second-order valence-corrected chi connectivity index (χ2v) is 6.39. The number of benzene rings is 3. The zero-order valence-electron chi connectivity index (χ0n) is 19.0. The molecule has 0 saturated heterocycles. The molecule has 3 aromatic rings. The first-order chi connectivity index (χ1) is 15.1. The van der Waals surface area contributed by atoms with E-state index < -0.39 is 5.97 Å². The molecular formula is C27H34O4. The van der Waals surface area contributed by atoms with Gasteiger partial charge in [-0.3, -0.25) is 4.79 Å². The standard InChI is InChI=1S/C23H22O4.2C2H6/c24-15-18-5-1-6-19(12-18)16-27-22-9-3-8-21(14-22)20-7-2-4-17(13-20)10-11-23(25)26;2*1-2/h1-9,12-14,24H,10-11,15-16H2,(H,25,26);2*1-2H3. The Morgan fingerprint density at radius 3 is 2.03 bits per heavy atom. The van der Waals surface area contributed by atoms with Gasteiger partial charge in [0.2, 0.25) is 0 Å². The maximum Gasteiger partial charge on any atom is 0.303 e. The Balaban J connectivity index is 0.00000113. The van der Waals surface area contributed by atoms with Crippen LogP contribution in [0.15, 0.2) is 72.8 Å². The molecule has 31 heavy (non-hydrogen) atoms. The van der Waals surface area contributed by atoms with Crippen molar-refractivity contribution in [3.63, 3.8) is 0 Å². The van der Waals surface area contributed by atoms with Crippen molar-refractivity contribution in [3.8, 4) is 16.9 Å². The van der Waals surface area contributed by atoms with Gasteiger partial charge in [-0.2, -0.15) is 0 Å². The number of hydrogen-bond acceptors (Lipinski definition) is 3. The minimum absolute atomic E-state index is 0.0154. The summed E-state index contributed by atoms with van der Waals surface area (Å²) in [5.74, 6) is -0.0288. The van der Waals surface area contributed by atoms with Crippen LogP contribution in [-0.2, 0) is 24.4 Å². The number of carboxylic acid groups (broad SMARTS) is 1. The molecule has 0 saturated carbocycles. The summed E-state index contributed by atoms with van der Waals surface area (Å²) in [5, 5.41) is 18.1. The van der Waals surface area contributed by atoms with Gasteiger partial charge < -0.3 is 14.9 Å². The monoisotopic (exact) mass is 422 g/mol. The number of aliphatic hydroxyl groups excluding tert-OH is 1. The summed E-state index contributed by atoms with van der Waals surface area (Å²) in [6.45, 7) is 8.44. The average Bonchev–Trinajstić information content (AvgIpc) is 2.84. The molecule has 3 aromatic carbocycles. The first-order valence-electron chi connectivity index (χ1n) is 10.9. The van der Waals surface area contributed by atoms with Gasteiger partial charge in [-0.1, -0.05) is 88.4 Å². The summed E-state index contributed by atoms with van der Waals surface area (Å²) in [5.41, 5.74) is 4.92. The molecule has 4 heteroatoms. The van der Waals surface area contributed by atoms with Crippen molar-refractivity contribution in [1.29, 1.82) is 0 Å². The molecule has 0 atom stereocenters. The van der Waals surface area contributed by atoms with Gasteiger partial charge in [0.25, 0.3) is 0 Å². The highest BCUT2D eigenvalue weighted by Crippen LogP contribution is 2.25. The minimum atomic E-state index is -0.791. The summed E-state index contributed by atoms with van der Waals surface area (Å²) in [6.07, 6.45) is 0.639. The van der Waals surface area contributed by atoms with Crippen LogP contribution in [0.25, 0.3) is 11.1 Å². The third-order valence-corrected chi connectivity index (χ3v) is 4.30. The third-order valence-electron chi connectivity index (χ3n) is 4.30. The Labute approximate surface area is 186 Å². The van der Waals surface area contributed by atoms with E-state index in [1.54, 1.807) is 0 Å². The number of carboxylic acids is 1.